The lowest BCUT2D eigenvalue weighted by Crippen LogP contribution is -2.47. The Bertz CT molecular complexity index is 322. The summed E-state index contributed by atoms with van der Waals surface area (Å²) in [6, 6.07) is 0.591. The highest BCUT2D eigenvalue weighted by Gasteiger charge is 2.42. The lowest BCUT2D eigenvalue weighted by Gasteiger charge is -2.42. The van der Waals surface area contributed by atoms with E-state index >= 15 is 0 Å². The Kier molecular flexibility index (Phi) is 3.78. The molecule has 1 aliphatic carbocycles. The summed E-state index contributed by atoms with van der Waals surface area (Å²) in [6.45, 7) is 3.32. The van der Waals surface area contributed by atoms with Crippen molar-refractivity contribution in [2.45, 2.75) is 50.4 Å². The van der Waals surface area contributed by atoms with E-state index < -0.39 is 5.97 Å². The molecule has 2 saturated heterocycles. The molecule has 0 radical (unpaired) electrons. The van der Waals surface area contributed by atoms with Crippen molar-refractivity contribution in [3.8, 4) is 0 Å². The van der Waals surface area contributed by atoms with Gasteiger partial charge in [-0.05, 0) is 38.8 Å². The van der Waals surface area contributed by atoms with E-state index in [1.807, 2.05) is 0 Å². The predicted molar refractivity (Wildman–Crippen MR) is 68.8 cm³/mol. The Labute approximate surface area is 113 Å². The first-order valence-electron chi connectivity index (χ1n) is 7.43. The minimum Gasteiger partial charge on any atom is -0.481 e. The summed E-state index contributed by atoms with van der Waals surface area (Å²) in [5.41, 5.74) is 0. The van der Waals surface area contributed by atoms with Crippen molar-refractivity contribution in [1.82, 2.24) is 4.90 Å². The van der Waals surface area contributed by atoms with Gasteiger partial charge in [0.2, 0.25) is 0 Å². The maximum atomic E-state index is 11.0. The Morgan fingerprint density at radius 1 is 1.05 bits per heavy atom. The summed E-state index contributed by atoms with van der Waals surface area (Å²) in [4.78, 5) is 13.4. The lowest BCUT2D eigenvalue weighted by molar-refractivity contribution is -0.184. The molecule has 2 heterocycles. The molecule has 5 heteroatoms. The standard InChI is InChI=1S/C14H23NO4/c16-13(17)11-3-7-15(8-4-11)12-1-5-14(6-2-12)18-9-10-19-14/h11-12H,1-10H2,(H,16,17). The molecule has 0 aromatic heterocycles. The monoisotopic (exact) mass is 269 g/mol. The number of carboxylic acids is 1. The number of rotatable bonds is 2. The number of carboxylic acid groups (broad SMARTS) is 1. The van der Waals surface area contributed by atoms with Gasteiger partial charge in [-0.25, -0.2) is 0 Å². The van der Waals surface area contributed by atoms with Gasteiger partial charge < -0.3 is 19.5 Å². The van der Waals surface area contributed by atoms with Gasteiger partial charge in [-0.2, -0.15) is 0 Å². The molecule has 3 fully saturated rings. The van der Waals surface area contributed by atoms with Crippen LogP contribution in [0.15, 0.2) is 0 Å². The summed E-state index contributed by atoms with van der Waals surface area (Å²) < 4.78 is 11.5. The molecule has 0 amide bonds. The molecule has 1 saturated carbocycles. The molecule has 108 valence electrons. The Hall–Kier alpha value is -0.650. The number of nitrogens with zero attached hydrogens (tertiary/aromatic N) is 1. The van der Waals surface area contributed by atoms with Crippen LogP contribution in [0.4, 0.5) is 0 Å². The first-order valence-corrected chi connectivity index (χ1v) is 7.43. The summed E-state index contributed by atoms with van der Waals surface area (Å²) in [5, 5.41) is 9.02. The number of hydrogen-bond acceptors (Lipinski definition) is 4. The molecule has 2 aliphatic heterocycles. The summed E-state index contributed by atoms with van der Waals surface area (Å²) in [5.74, 6) is -1.04. The maximum absolute atomic E-state index is 11.0. The van der Waals surface area contributed by atoms with Crippen LogP contribution in [0.3, 0.4) is 0 Å². The van der Waals surface area contributed by atoms with E-state index in [1.165, 1.54) is 0 Å². The first kappa shape index (κ1) is 13.3. The molecular formula is C14H23NO4. The van der Waals surface area contributed by atoms with Crippen LogP contribution in [0.1, 0.15) is 38.5 Å². The van der Waals surface area contributed by atoms with Crippen molar-refractivity contribution >= 4 is 5.97 Å². The highest BCUT2D eigenvalue weighted by atomic mass is 16.7. The van der Waals surface area contributed by atoms with Gasteiger partial charge in [0.05, 0.1) is 19.1 Å². The van der Waals surface area contributed by atoms with Crippen LogP contribution in [0.2, 0.25) is 0 Å². The van der Waals surface area contributed by atoms with Crippen molar-refractivity contribution in [1.29, 1.82) is 0 Å². The van der Waals surface area contributed by atoms with Crippen molar-refractivity contribution in [2.24, 2.45) is 5.92 Å². The van der Waals surface area contributed by atoms with Crippen molar-refractivity contribution < 1.29 is 19.4 Å². The number of hydrogen-bond donors (Lipinski definition) is 1. The zero-order chi connectivity index (χ0) is 13.3. The number of aliphatic carboxylic acids is 1. The van der Waals surface area contributed by atoms with Gasteiger partial charge >= 0.3 is 5.97 Å². The van der Waals surface area contributed by atoms with Crippen molar-refractivity contribution in [3.63, 3.8) is 0 Å². The second kappa shape index (κ2) is 5.38. The van der Waals surface area contributed by atoms with Gasteiger partial charge in [-0.1, -0.05) is 0 Å². The Morgan fingerprint density at radius 2 is 1.63 bits per heavy atom. The van der Waals surface area contributed by atoms with Gasteiger partial charge in [0.15, 0.2) is 5.79 Å². The fourth-order valence-electron chi connectivity index (χ4n) is 3.70. The third-order valence-electron chi connectivity index (χ3n) is 4.93. The molecular weight excluding hydrogens is 246 g/mol. The third-order valence-corrected chi connectivity index (χ3v) is 4.93. The molecule has 0 atom stereocenters. The van der Waals surface area contributed by atoms with Gasteiger partial charge in [-0.15, -0.1) is 0 Å². The Morgan fingerprint density at radius 3 is 2.16 bits per heavy atom. The zero-order valence-corrected chi connectivity index (χ0v) is 11.3. The van der Waals surface area contributed by atoms with Crippen LogP contribution in [-0.4, -0.2) is 54.1 Å². The molecule has 5 nitrogen and oxygen atoms in total. The van der Waals surface area contributed by atoms with Gasteiger partial charge in [0.25, 0.3) is 0 Å². The van der Waals surface area contributed by atoms with Crippen molar-refractivity contribution in [2.75, 3.05) is 26.3 Å². The average molecular weight is 269 g/mol. The molecule has 0 bridgehead atoms. The molecule has 1 spiro atoms. The van der Waals surface area contributed by atoms with Crippen LogP contribution >= 0.6 is 0 Å². The van der Waals surface area contributed by atoms with E-state index in [0.29, 0.717) is 6.04 Å². The van der Waals surface area contributed by atoms with Gasteiger partial charge in [-0.3, -0.25) is 4.79 Å². The second-order valence-electron chi connectivity index (χ2n) is 5.99. The van der Waals surface area contributed by atoms with Crippen LogP contribution in [0.25, 0.3) is 0 Å². The fraction of sp³-hybridized carbons (Fsp3) is 0.929. The lowest BCUT2D eigenvalue weighted by atomic mass is 9.87. The second-order valence-corrected chi connectivity index (χ2v) is 5.99. The molecule has 1 N–H and O–H groups in total. The SMILES string of the molecule is O=C(O)C1CCN(C2CCC3(CC2)OCCO3)CC1. The fourth-order valence-corrected chi connectivity index (χ4v) is 3.70. The first-order chi connectivity index (χ1) is 9.19. The van der Waals surface area contributed by atoms with E-state index in [9.17, 15) is 4.79 Å². The summed E-state index contributed by atoms with van der Waals surface area (Å²) in [6.07, 6.45) is 5.77. The minimum absolute atomic E-state index is 0.132. The molecule has 19 heavy (non-hydrogen) atoms. The predicted octanol–water partition coefficient (Wildman–Crippen LogP) is 1.47. The summed E-state index contributed by atoms with van der Waals surface area (Å²) in [7, 11) is 0. The van der Waals surface area contributed by atoms with Crippen LogP contribution < -0.4 is 0 Å². The zero-order valence-electron chi connectivity index (χ0n) is 11.3. The molecule has 0 aromatic carbocycles. The van der Waals surface area contributed by atoms with E-state index in [4.69, 9.17) is 14.6 Å². The third kappa shape index (κ3) is 2.78. The van der Waals surface area contributed by atoms with Crippen LogP contribution in [-0.2, 0) is 14.3 Å². The highest BCUT2D eigenvalue weighted by molar-refractivity contribution is 5.70. The van der Waals surface area contributed by atoms with E-state index in [2.05, 4.69) is 4.90 Å². The number of piperidine rings is 1. The summed E-state index contributed by atoms with van der Waals surface area (Å²) >= 11 is 0. The molecule has 3 aliphatic rings. The smallest absolute Gasteiger partial charge is 0.306 e. The molecule has 3 rings (SSSR count). The molecule has 0 unspecified atom stereocenters. The number of carbonyl (C=O) groups is 1. The van der Waals surface area contributed by atoms with E-state index in [1.54, 1.807) is 0 Å². The van der Waals surface area contributed by atoms with Crippen LogP contribution in [0.5, 0.6) is 0 Å². The van der Waals surface area contributed by atoms with E-state index in [-0.39, 0.29) is 11.7 Å². The minimum atomic E-state index is -0.630. The normalized spacial score (nSPS) is 29.9. The average Bonchev–Trinajstić information content (AvgIpc) is 2.88. The van der Waals surface area contributed by atoms with E-state index in [0.717, 1.165) is 64.8 Å². The largest absolute Gasteiger partial charge is 0.481 e. The number of likely N-dealkylation sites (tertiary alicyclic amines) is 1. The molecule has 0 aromatic rings. The topological polar surface area (TPSA) is 59.0 Å². The quantitative estimate of drug-likeness (QED) is 0.822. The van der Waals surface area contributed by atoms with Crippen LogP contribution in [0, 0.1) is 5.92 Å². The van der Waals surface area contributed by atoms with Gasteiger partial charge in [0, 0.05) is 18.9 Å². The maximum Gasteiger partial charge on any atom is 0.306 e. The van der Waals surface area contributed by atoms with Crippen molar-refractivity contribution in [3.05, 3.63) is 0 Å². The number of ether oxygens (including phenoxy) is 2. The van der Waals surface area contributed by atoms with Gasteiger partial charge in [0.1, 0.15) is 0 Å². The Balaban J connectivity index is 1.48. The highest BCUT2D eigenvalue weighted by Crippen LogP contribution is 2.38.